The highest BCUT2D eigenvalue weighted by Crippen LogP contribution is 2.26. The molecule has 0 bridgehead atoms. The lowest BCUT2D eigenvalue weighted by atomic mass is 10.2. The molecule has 0 unspecified atom stereocenters. The first-order valence-electron chi connectivity index (χ1n) is 7.52. The normalized spacial score (nSPS) is 10.2. The minimum Gasteiger partial charge on any atom is -0.491 e. The maximum absolute atomic E-state index is 5.92. The van der Waals surface area contributed by atoms with E-state index in [2.05, 4.69) is 31.7 Å². The molecule has 5 heteroatoms. The van der Waals surface area contributed by atoms with Gasteiger partial charge in [-0.2, -0.15) is 0 Å². The molecule has 0 amide bonds. The van der Waals surface area contributed by atoms with Gasteiger partial charge in [0.1, 0.15) is 12.4 Å². The number of rotatable bonds is 5. The number of halogens is 1. The van der Waals surface area contributed by atoms with Crippen LogP contribution in [0.3, 0.4) is 0 Å². The molecule has 126 valence electrons. The van der Waals surface area contributed by atoms with Crippen molar-refractivity contribution in [3.8, 4) is 5.75 Å². The minimum absolute atomic E-state index is 0.595. The Bertz CT molecular complexity index is 588. The number of benzene rings is 2. The molecule has 23 heavy (non-hydrogen) atoms. The number of thiol groups is 1. The first-order valence-corrected chi connectivity index (χ1v) is 8.35. The molecule has 3 nitrogen and oxygen atoms in total. The van der Waals surface area contributed by atoms with Crippen LogP contribution in [0.5, 0.6) is 5.75 Å². The van der Waals surface area contributed by atoms with Crippen LogP contribution in [-0.4, -0.2) is 32.1 Å². The quantitative estimate of drug-likeness (QED) is 0.618. The van der Waals surface area contributed by atoms with Gasteiger partial charge in [-0.1, -0.05) is 30.7 Å². The first kappa shape index (κ1) is 19.7. The number of anilines is 1. The van der Waals surface area contributed by atoms with Crippen LogP contribution in [0.15, 0.2) is 47.4 Å². The van der Waals surface area contributed by atoms with Crippen molar-refractivity contribution in [3.05, 3.63) is 53.1 Å². The summed E-state index contributed by atoms with van der Waals surface area (Å²) >= 11 is 10.1. The molecule has 0 aromatic heterocycles. The molecule has 2 aromatic rings. The number of hydrogen-bond acceptors (Lipinski definition) is 4. The molecule has 0 aliphatic carbocycles. The van der Waals surface area contributed by atoms with Gasteiger partial charge in [0.25, 0.3) is 0 Å². The summed E-state index contributed by atoms with van der Waals surface area (Å²) in [7, 11) is 3.98. The molecule has 0 radical (unpaired) electrons. The highest BCUT2D eigenvalue weighted by Gasteiger charge is 2.01. The van der Waals surface area contributed by atoms with Crippen LogP contribution in [-0.2, 0) is 6.42 Å². The Kier molecular flexibility index (Phi) is 8.92. The van der Waals surface area contributed by atoms with Crippen LogP contribution in [0, 0.1) is 0 Å². The lowest BCUT2D eigenvalue weighted by Gasteiger charge is -2.12. The van der Waals surface area contributed by atoms with Crippen molar-refractivity contribution in [3.63, 3.8) is 0 Å². The van der Waals surface area contributed by atoms with E-state index in [1.165, 1.54) is 5.56 Å². The Morgan fingerprint density at radius 1 is 1.13 bits per heavy atom. The lowest BCUT2D eigenvalue weighted by molar-refractivity contribution is 0.261. The van der Waals surface area contributed by atoms with Crippen molar-refractivity contribution in [1.29, 1.82) is 0 Å². The molecule has 2 N–H and O–H groups in total. The van der Waals surface area contributed by atoms with Crippen LogP contribution in [0.4, 0.5) is 5.69 Å². The van der Waals surface area contributed by atoms with E-state index >= 15 is 0 Å². The lowest BCUT2D eigenvalue weighted by Crippen LogP contribution is -2.19. The highest BCUT2D eigenvalue weighted by atomic mass is 35.5. The van der Waals surface area contributed by atoms with E-state index in [1.807, 2.05) is 31.1 Å². The zero-order valence-electron chi connectivity index (χ0n) is 13.9. The fourth-order valence-corrected chi connectivity index (χ4v) is 2.02. The van der Waals surface area contributed by atoms with E-state index in [9.17, 15) is 0 Å². The van der Waals surface area contributed by atoms with Crippen molar-refractivity contribution < 1.29 is 4.74 Å². The van der Waals surface area contributed by atoms with E-state index in [4.69, 9.17) is 22.1 Å². The largest absolute Gasteiger partial charge is 0.491 e. The van der Waals surface area contributed by atoms with Crippen LogP contribution in [0.2, 0.25) is 5.02 Å². The van der Waals surface area contributed by atoms with Gasteiger partial charge < -0.3 is 15.4 Å². The summed E-state index contributed by atoms with van der Waals surface area (Å²) in [6.07, 6.45) is 1.11. The second kappa shape index (κ2) is 10.4. The van der Waals surface area contributed by atoms with Gasteiger partial charge >= 0.3 is 0 Å². The summed E-state index contributed by atoms with van der Waals surface area (Å²) in [5, 5.41) is 0.595. The Morgan fingerprint density at radius 3 is 2.35 bits per heavy atom. The average molecular weight is 353 g/mol. The predicted molar refractivity (Wildman–Crippen MR) is 103 cm³/mol. The number of nitrogen functional groups attached to an aromatic ring is 1. The fraction of sp³-hybridized carbons (Fsp3) is 0.333. The van der Waals surface area contributed by atoms with Gasteiger partial charge in [0.05, 0.1) is 5.02 Å². The molecule has 0 fully saturated rings. The second-order valence-corrected chi connectivity index (χ2v) is 6.29. The SMILES string of the molecule is CCc1ccc(S)cc1.CN(C)CCOc1cc(N)ccc1Cl. The predicted octanol–water partition coefficient (Wildman–Crippen LogP) is 4.40. The molecule has 0 spiro atoms. The average Bonchev–Trinajstić information content (AvgIpc) is 2.52. The van der Waals surface area contributed by atoms with Crippen molar-refractivity contribution in [1.82, 2.24) is 4.90 Å². The van der Waals surface area contributed by atoms with Gasteiger partial charge in [-0.3, -0.25) is 0 Å². The van der Waals surface area contributed by atoms with Crippen LogP contribution < -0.4 is 10.5 Å². The molecule has 0 saturated carbocycles. The number of likely N-dealkylation sites (N-methyl/N-ethyl adjacent to an activating group) is 1. The standard InChI is InChI=1S/C10H15ClN2O.C8H10S/c1-13(2)5-6-14-10-7-8(12)3-4-9(10)11;1-2-7-3-5-8(9)6-4-7/h3-4,7H,5-6,12H2,1-2H3;3-6,9H,2H2,1H3. The van der Waals surface area contributed by atoms with Gasteiger partial charge in [0, 0.05) is 23.2 Å². The second-order valence-electron chi connectivity index (χ2n) is 5.36. The molecular weight excluding hydrogens is 328 g/mol. The number of hydrogen-bond donors (Lipinski definition) is 2. The van der Waals surface area contributed by atoms with Gasteiger partial charge in [-0.05, 0) is 50.3 Å². The molecule has 0 atom stereocenters. The first-order chi connectivity index (χ1) is 10.9. The Labute approximate surface area is 149 Å². The van der Waals surface area contributed by atoms with E-state index < -0.39 is 0 Å². The molecule has 0 aliphatic heterocycles. The number of nitrogens with zero attached hydrogens (tertiary/aromatic N) is 1. The smallest absolute Gasteiger partial charge is 0.140 e. The van der Waals surface area contributed by atoms with Crippen molar-refractivity contribution in [2.45, 2.75) is 18.2 Å². The summed E-state index contributed by atoms with van der Waals surface area (Å²) in [5.41, 5.74) is 7.64. The molecule has 0 heterocycles. The van der Waals surface area contributed by atoms with Gasteiger partial charge in [-0.25, -0.2) is 0 Å². The molecule has 0 aliphatic rings. The molecule has 0 saturated heterocycles. The zero-order chi connectivity index (χ0) is 17.2. The van der Waals surface area contributed by atoms with Gasteiger partial charge in [-0.15, -0.1) is 12.6 Å². The monoisotopic (exact) mass is 352 g/mol. The topological polar surface area (TPSA) is 38.5 Å². The third kappa shape index (κ3) is 8.16. The zero-order valence-corrected chi connectivity index (χ0v) is 15.6. The molecular formula is C18H25ClN2OS. The van der Waals surface area contributed by atoms with Crippen LogP contribution in [0.1, 0.15) is 12.5 Å². The summed E-state index contributed by atoms with van der Waals surface area (Å²) in [6.45, 7) is 3.61. The highest BCUT2D eigenvalue weighted by molar-refractivity contribution is 7.80. The van der Waals surface area contributed by atoms with E-state index in [1.54, 1.807) is 18.2 Å². The van der Waals surface area contributed by atoms with E-state index in [0.29, 0.717) is 23.1 Å². The molecule has 2 aromatic carbocycles. The Balaban J connectivity index is 0.000000253. The maximum Gasteiger partial charge on any atom is 0.140 e. The number of aryl methyl sites for hydroxylation is 1. The van der Waals surface area contributed by atoms with E-state index in [-0.39, 0.29) is 0 Å². The maximum atomic E-state index is 5.92. The summed E-state index contributed by atoms with van der Waals surface area (Å²) in [4.78, 5) is 3.08. The Hall–Kier alpha value is -1.36. The number of nitrogens with two attached hydrogens (primary N) is 1. The van der Waals surface area contributed by atoms with Gasteiger partial charge in [0.2, 0.25) is 0 Å². The van der Waals surface area contributed by atoms with Crippen molar-refractivity contribution in [2.24, 2.45) is 0 Å². The van der Waals surface area contributed by atoms with Gasteiger partial charge in [0.15, 0.2) is 0 Å². The van der Waals surface area contributed by atoms with Crippen molar-refractivity contribution >= 4 is 29.9 Å². The third-order valence-corrected chi connectivity index (χ3v) is 3.71. The summed E-state index contributed by atoms with van der Waals surface area (Å²) < 4.78 is 5.47. The number of ether oxygens (including phenoxy) is 1. The fourth-order valence-electron chi connectivity index (χ4n) is 1.70. The van der Waals surface area contributed by atoms with Crippen LogP contribution >= 0.6 is 24.2 Å². The summed E-state index contributed by atoms with van der Waals surface area (Å²) in [5.74, 6) is 0.647. The minimum atomic E-state index is 0.595. The summed E-state index contributed by atoms with van der Waals surface area (Å²) in [6, 6.07) is 13.5. The van der Waals surface area contributed by atoms with Crippen molar-refractivity contribution in [2.75, 3.05) is 33.0 Å². The van der Waals surface area contributed by atoms with Crippen LogP contribution in [0.25, 0.3) is 0 Å². The molecule has 2 rings (SSSR count). The van der Waals surface area contributed by atoms with E-state index in [0.717, 1.165) is 17.9 Å². The third-order valence-electron chi connectivity index (χ3n) is 3.10. The Morgan fingerprint density at radius 2 is 1.78 bits per heavy atom.